The van der Waals surface area contributed by atoms with Crippen LogP contribution in [0.15, 0.2) is 78.0 Å². The maximum atomic E-state index is 7.50. The molecule has 3 aromatic rings. The number of pyridine rings is 2. The van der Waals surface area contributed by atoms with Gasteiger partial charge in [0.05, 0.1) is 23.4 Å². The van der Waals surface area contributed by atoms with Crippen molar-refractivity contribution in [3.63, 3.8) is 0 Å². The van der Waals surface area contributed by atoms with Crippen LogP contribution in [0.4, 0.5) is 5.69 Å². The minimum Gasteiger partial charge on any atom is 0 e. The number of thiocarbonyl (C=S) groups is 1. The Morgan fingerprint density at radius 2 is 1.41 bits per heavy atom. The third-order valence-corrected chi connectivity index (χ3v) is 5.80. The van der Waals surface area contributed by atoms with E-state index in [1.165, 1.54) is 0 Å². The Bertz CT molecular complexity index is 1050. The number of aromatic nitrogens is 2. The number of benzene rings is 1. The van der Waals surface area contributed by atoms with E-state index < -0.39 is 0 Å². The van der Waals surface area contributed by atoms with Gasteiger partial charge in [0.1, 0.15) is 0 Å². The Morgan fingerprint density at radius 1 is 0.854 bits per heavy atom. The van der Waals surface area contributed by atoms with Crippen LogP contribution in [-0.2, 0) is 56.8 Å². The largest absolute Gasteiger partial charge is 0 e. The van der Waals surface area contributed by atoms with Crippen LogP contribution in [0.1, 0.15) is 30.7 Å². The standard InChI is InChI=1S/C24H30N6O2S2.3CO.Re/c25-31-32-34-23-12-10-20(11-13-23)29-24(33)28-16-4-1-7-17-30(18-21-8-2-5-14-26-21)19-22-9-3-6-15-27-22;3*1-2;/h2-3,5-6,8-15H,1,4,7,16-19,25H2,(H2,28,29,33);;;;. The van der Waals surface area contributed by atoms with Gasteiger partial charge in [-0.05, 0) is 80.1 Å². The maximum Gasteiger partial charge on any atom is 0 e. The van der Waals surface area contributed by atoms with Crippen LogP contribution in [0.3, 0.4) is 0 Å². The van der Waals surface area contributed by atoms with Crippen LogP contribution in [0.25, 0.3) is 0 Å². The SMILES string of the molecule is NOOSc1ccc(NC(=S)NCCCCCN(Cc2ccccn2)Cc2ccccn2)cc1.[C-]#[O+].[C-]#[O+].[C-]#[O+].[Re]. The first-order valence-electron chi connectivity index (χ1n) is 11.7. The van der Waals surface area contributed by atoms with Crippen molar-refractivity contribution in [3.8, 4) is 0 Å². The first-order valence-corrected chi connectivity index (χ1v) is 12.9. The van der Waals surface area contributed by atoms with Gasteiger partial charge in [-0.25, -0.2) is 0 Å². The van der Waals surface area contributed by atoms with Gasteiger partial charge >= 0.3 is 33.9 Å². The number of unbranched alkanes of at least 4 members (excludes halogenated alkanes) is 2. The number of rotatable bonds is 14. The topological polar surface area (TPSA) is 157 Å². The molecule has 3 rings (SSSR count). The van der Waals surface area contributed by atoms with Gasteiger partial charge in [0, 0.05) is 63.0 Å². The fourth-order valence-corrected chi connectivity index (χ4v) is 3.91. The van der Waals surface area contributed by atoms with Crippen molar-refractivity contribution in [1.82, 2.24) is 20.2 Å². The zero-order chi connectivity index (χ0) is 29.8. The molecule has 0 bridgehead atoms. The number of nitrogens with two attached hydrogens (primary N) is 1. The number of hydrogen-bond acceptors (Lipinski definition) is 8. The van der Waals surface area contributed by atoms with E-state index in [0.717, 1.165) is 79.5 Å². The van der Waals surface area contributed by atoms with E-state index in [9.17, 15) is 0 Å². The molecule has 0 aliphatic heterocycles. The van der Waals surface area contributed by atoms with E-state index in [2.05, 4.69) is 66.9 Å². The van der Waals surface area contributed by atoms with Crippen LogP contribution in [0, 0.1) is 20.0 Å². The smallest absolute Gasteiger partial charge is 0 e. The average molecular weight is 769 g/mol. The summed E-state index contributed by atoms with van der Waals surface area (Å²) in [5.74, 6) is 4.84. The van der Waals surface area contributed by atoms with Crippen molar-refractivity contribution in [2.45, 2.75) is 37.2 Å². The van der Waals surface area contributed by atoms with Crippen LogP contribution in [0.5, 0.6) is 0 Å². The first kappa shape index (κ1) is 40.4. The van der Waals surface area contributed by atoms with Crippen molar-refractivity contribution >= 4 is 35.1 Å². The molecule has 0 fully saturated rings. The predicted molar refractivity (Wildman–Crippen MR) is 151 cm³/mol. The molecule has 0 atom stereocenters. The Kier molecular flexibility index (Phi) is 28.4. The molecule has 0 aliphatic rings. The van der Waals surface area contributed by atoms with Gasteiger partial charge in [0.25, 0.3) is 0 Å². The molecule has 4 N–H and O–H groups in total. The molecule has 0 saturated carbocycles. The number of hydrogen-bond donors (Lipinski definition) is 3. The summed E-state index contributed by atoms with van der Waals surface area (Å²) in [4.78, 5) is 16.3. The Labute approximate surface area is 263 Å². The molecule has 0 aliphatic carbocycles. The zero-order valence-corrected chi connectivity index (χ0v) is 26.4. The van der Waals surface area contributed by atoms with Crippen molar-refractivity contribution in [2.75, 3.05) is 18.4 Å². The van der Waals surface area contributed by atoms with E-state index >= 15 is 0 Å². The van der Waals surface area contributed by atoms with E-state index in [-0.39, 0.29) is 20.4 Å². The molecule has 0 spiro atoms. The minimum absolute atomic E-state index is 0. The fourth-order valence-electron chi connectivity index (χ4n) is 3.32. The first-order chi connectivity index (χ1) is 19.7. The second-order valence-electron chi connectivity index (χ2n) is 7.57. The van der Waals surface area contributed by atoms with Crippen molar-refractivity contribution in [2.24, 2.45) is 5.90 Å². The fraction of sp³-hybridized carbons (Fsp3) is 0.259. The third-order valence-electron chi connectivity index (χ3n) is 4.94. The second-order valence-corrected chi connectivity index (χ2v) is 8.75. The molecular weight excluding hydrogens is 739 g/mol. The van der Waals surface area contributed by atoms with Gasteiger partial charge in [-0.2, -0.15) is 5.90 Å². The van der Waals surface area contributed by atoms with Crippen LogP contribution in [0.2, 0.25) is 0 Å². The molecule has 0 unspecified atom stereocenters. The minimum atomic E-state index is 0. The quantitative estimate of drug-likeness (QED) is 0.0410. The summed E-state index contributed by atoms with van der Waals surface area (Å²) in [6.45, 7) is 16.9. The molecule has 217 valence electrons. The molecular formula is C27H30N6O5ReS2. The summed E-state index contributed by atoms with van der Waals surface area (Å²) in [5, 5.41) is 7.05. The van der Waals surface area contributed by atoms with Gasteiger partial charge in [0.2, 0.25) is 0 Å². The third kappa shape index (κ3) is 19.9. The van der Waals surface area contributed by atoms with Gasteiger partial charge in [0.15, 0.2) is 5.11 Å². The summed E-state index contributed by atoms with van der Waals surface area (Å²) in [6, 6.07) is 19.7. The van der Waals surface area contributed by atoms with Gasteiger partial charge in [-0.1, -0.05) is 18.6 Å². The summed E-state index contributed by atoms with van der Waals surface area (Å²) < 4.78 is 27.1. The number of nitrogens with one attached hydrogen (secondary N) is 2. The number of nitrogens with zero attached hydrogens (tertiary/aromatic N) is 3. The van der Waals surface area contributed by atoms with Gasteiger partial charge < -0.3 is 10.6 Å². The molecule has 1 radical (unpaired) electrons. The van der Waals surface area contributed by atoms with Crippen LogP contribution < -0.4 is 16.5 Å². The summed E-state index contributed by atoms with van der Waals surface area (Å²) in [6.07, 6.45) is 6.92. The normalized spacial score (nSPS) is 9.17. The second kappa shape index (κ2) is 28.8. The van der Waals surface area contributed by atoms with Crippen LogP contribution in [-0.4, -0.2) is 33.1 Å². The summed E-state index contributed by atoms with van der Waals surface area (Å²) >= 11 is 6.43. The Hall–Kier alpha value is -2.72. The average Bonchev–Trinajstić information content (AvgIpc) is 3.02. The van der Waals surface area contributed by atoms with Crippen LogP contribution >= 0.6 is 24.3 Å². The molecule has 2 aromatic heterocycles. The molecule has 41 heavy (non-hydrogen) atoms. The monoisotopic (exact) mass is 769 g/mol. The molecule has 2 heterocycles. The van der Waals surface area contributed by atoms with E-state index in [1.807, 2.05) is 60.9 Å². The van der Waals surface area contributed by atoms with Gasteiger partial charge in [-0.3, -0.25) is 14.9 Å². The molecule has 11 nitrogen and oxygen atoms in total. The van der Waals surface area contributed by atoms with Gasteiger partial charge in [-0.15, -0.1) is 9.32 Å². The summed E-state index contributed by atoms with van der Waals surface area (Å²) in [5.41, 5.74) is 3.04. The van der Waals surface area contributed by atoms with Crippen molar-refractivity contribution in [1.29, 1.82) is 0 Å². The van der Waals surface area contributed by atoms with Crippen molar-refractivity contribution < 1.29 is 43.7 Å². The maximum absolute atomic E-state index is 7.50. The van der Waals surface area contributed by atoms with E-state index in [4.69, 9.17) is 32.1 Å². The molecule has 14 heteroatoms. The molecule has 0 saturated heterocycles. The molecule has 0 amide bonds. The predicted octanol–water partition coefficient (Wildman–Crippen LogP) is 4.35. The summed E-state index contributed by atoms with van der Waals surface area (Å²) in [7, 11) is 0. The Morgan fingerprint density at radius 3 is 1.90 bits per heavy atom. The molecule has 1 aromatic carbocycles. The van der Waals surface area contributed by atoms with Crippen molar-refractivity contribution in [3.05, 3.63) is 104 Å². The zero-order valence-electron chi connectivity index (χ0n) is 22.0. The Balaban J connectivity index is 0. The van der Waals surface area contributed by atoms with E-state index in [1.54, 1.807) is 0 Å². The van der Waals surface area contributed by atoms with E-state index in [0.29, 0.717) is 5.11 Å². The number of anilines is 1.